The van der Waals surface area contributed by atoms with E-state index in [2.05, 4.69) is 20.4 Å². The number of aromatic nitrogens is 4. The molecule has 10 heteroatoms. The Morgan fingerprint density at radius 3 is 1.29 bits per heavy atom. The summed E-state index contributed by atoms with van der Waals surface area (Å²) in [4.78, 5) is 3.10. The van der Waals surface area contributed by atoms with Crippen LogP contribution in [0.2, 0.25) is 0 Å². The molecule has 3 heterocycles. The zero-order chi connectivity index (χ0) is 15.0. The van der Waals surface area contributed by atoms with Gasteiger partial charge in [-0.25, -0.2) is 0 Å². The van der Waals surface area contributed by atoms with Crippen LogP contribution in [-0.2, 0) is 22.3 Å². The number of nitrogens with one attached hydrogen (secondary N) is 2. The molecule has 0 atom stereocenters. The molecule has 0 aromatic carbocycles. The molecule has 138 valence electrons. The molecule has 3 rings (SSSR count). The molecule has 0 unspecified atom stereocenters. The number of morpholine rings is 2. The summed E-state index contributed by atoms with van der Waals surface area (Å²) in [6.45, 7) is 9.77. The summed E-state index contributed by atoms with van der Waals surface area (Å²) in [5, 5.41) is 16.9. The maximum Gasteiger partial charge on any atom is 0.179 e. The van der Waals surface area contributed by atoms with Crippen molar-refractivity contribution in [3.05, 3.63) is 11.6 Å². The SMILES string of the molecule is C1C[NH+](CCc2nnc(CC[NH+]3CCOCC3)nn2)CCO1.[Cl-].[Cl-]. The van der Waals surface area contributed by atoms with Crippen LogP contribution in [-0.4, -0.2) is 86.1 Å². The monoisotopic (exact) mass is 380 g/mol. The maximum absolute atomic E-state index is 5.36. The fourth-order valence-corrected chi connectivity index (χ4v) is 2.87. The van der Waals surface area contributed by atoms with E-state index in [1.165, 1.54) is 0 Å². The van der Waals surface area contributed by atoms with E-state index in [0.717, 1.165) is 90.2 Å². The Bertz CT molecular complexity index is 400. The maximum atomic E-state index is 5.36. The van der Waals surface area contributed by atoms with Crippen LogP contribution in [0.4, 0.5) is 0 Å². The van der Waals surface area contributed by atoms with Gasteiger partial charge < -0.3 is 44.1 Å². The van der Waals surface area contributed by atoms with Crippen molar-refractivity contribution in [1.82, 2.24) is 20.4 Å². The van der Waals surface area contributed by atoms with Gasteiger partial charge in [-0.3, -0.25) is 0 Å². The quantitative estimate of drug-likeness (QED) is 0.510. The summed E-state index contributed by atoms with van der Waals surface area (Å²) in [6, 6.07) is 0. The van der Waals surface area contributed by atoms with E-state index in [9.17, 15) is 0 Å². The van der Waals surface area contributed by atoms with Crippen molar-refractivity contribution in [1.29, 1.82) is 0 Å². The summed E-state index contributed by atoms with van der Waals surface area (Å²) in [7, 11) is 0. The topological polar surface area (TPSA) is 78.9 Å². The lowest BCUT2D eigenvalue weighted by Crippen LogP contribution is -3.14. The highest BCUT2D eigenvalue weighted by Gasteiger charge is 2.16. The van der Waals surface area contributed by atoms with Gasteiger partial charge in [0.2, 0.25) is 0 Å². The number of hydrogen-bond donors (Lipinski definition) is 2. The summed E-state index contributed by atoms with van der Waals surface area (Å²) in [5.41, 5.74) is 0. The van der Waals surface area contributed by atoms with Crippen molar-refractivity contribution in [2.75, 3.05) is 65.7 Å². The van der Waals surface area contributed by atoms with Crippen LogP contribution >= 0.6 is 0 Å². The first kappa shape index (κ1) is 21.4. The lowest BCUT2D eigenvalue weighted by molar-refractivity contribution is -0.908. The molecular weight excluding hydrogens is 355 g/mol. The van der Waals surface area contributed by atoms with Gasteiger partial charge in [0, 0.05) is 0 Å². The van der Waals surface area contributed by atoms with Crippen molar-refractivity contribution in [3.8, 4) is 0 Å². The van der Waals surface area contributed by atoms with Gasteiger partial charge >= 0.3 is 0 Å². The smallest absolute Gasteiger partial charge is 0.179 e. The first-order valence-electron chi connectivity index (χ1n) is 8.28. The van der Waals surface area contributed by atoms with Gasteiger partial charge in [0.1, 0.15) is 26.2 Å². The van der Waals surface area contributed by atoms with Crippen LogP contribution < -0.4 is 34.6 Å². The molecule has 1 aromatic heterocycles. The average molecular weight is 381 g/mol. The molecule has 0 spiro atoms. The van der Waals surface area contributed by atoms with Gasteiger partial charge in [-0.05, 0) is 0 Å². The average Bonchev–Trinajstić information content (AvgIpc) is 2.61. The Labute approximate surface area is 155 Å². The second kappa shape index (κ2) is 11.8. The molecule has 0 saturated carbocycles. The highest BCUT2D eigenvalue weighted by molar-refractivity contribution is 4.82. The standard InChI is InChI=1S/C14H24N6O2.2ClH/c1(3-19-5-9-21-10-6-19)13-15-17-14(18-16-13)2-4-20-7-11-22-12-8-20;;/h1-12H2;2*1H. The van der Waals surface area contributed by atoms with Crippen LogP contribution in [0.1, 0.15) is 11.6 Å². The molecule has 2 fully saturated rings. The second-order valence-electron chi connectivity index (χ2n) is 5.96. The fraction of sp³-hybridized carbons (Fsp3) is 0.857. The summed E-state index contributed by atoms with van der Waals surface area (Å²) in [6.07, 6.45) is 1.68. The number of quaternary nitrogens is 2. The summed E-state index contributed by atoms with van der Waals surface area (Å²) in [5.74, 6) is 1.50. The minimum absolute atomic E-state index is 0. The Morgan fingerprint density at radius 2 is 0.958 bits per heavy atom. The second-order valence-corrected chi connectivity index (χ2v) is 5.96. The van der Waals surface area contributed by atoms with Crippen LogP contribution in [0.25, 0.3) is 0 Å². The molecular formula is C14H26Cl2N6O2. The fourth-order valence-electron chi connectivity index (χ4n) is 2.87. The van der Waals surface area contributed by atoms with E-state index in [1.807, 2.05) is 0 Å². The number of halogens is 2. The normalized spacial score (nSPS) is 19.3. The molecule has 0 bridgehead atoms. The predicted octanol–water partition coefficient (Wildman–Crippen LogP) is -9.81. The molecule has 0 amide bonds. The van der Waals surface area contributed by atoms with Crippen molar-refractivity contribution in [2.24, 2.45) is 0 Å². The van der Waals surface area contributed by atoms with Crippen LogP contribution in [0.15, 0.2) is 0 Å². The van der Waals surface area contributed by atoms with Crippen LogP contribution in [0, 0.1) is 0 Å². The van der Waals surface area contributed by atoms with Crippen LogP contribution in [0.3, 0.4) is 0 Å². The predicted molar refractivity (Wildman–Crippen MR) is 77.8 cm³/mol. The van der Waals surface area contributed by atoms with E-state index in [0.29, 0.717) is 0 Å². The molecule has 0 aliphatic carbocycles. The minimum atomic E-state index is 0. The Morgan fingerprint density at radius 1 is 0.625 bits per heavy atom. The van der Waals surface area contributed by atoms with E-state index in [1.54, 1.807) is 9.80 Å². The van der Waals surface area contributed by atoms with Crippen LogP contribution in [0.5, 0.6) is 0 Å². The largest absolute Gasteiger partial charge is 1.00 e. The summed E-state index contributed by atoms with van der Waals surface area (Å²) >= 11 is 0. The highest BCUT2D eigenvalue weighted by Crippen LogP contribution is 1.89. The van der Waals surface area contributed by atoms with Crippen molar-refractivity contribution < 1.29 is 44.1 Å². The molecule has 1 aromatic rings. The zero-order valence-corrected chi connectivity index (χ0v) is 15.4. The third-order valence-electron chi connectivity index (χ3n) is 4.37. The van der Waals surface area contributed by atoms with E-state index < -0.39 is 0 Å². The number of nitrogens with zero attached hydrogens (tertiary/aromatic N) is 4. The van der Waals surface area contributed by atoms with E-state index in [4.69, 9.17) is 9.47 Å². The van der Waals surface area contributed by atoms with Gasteiger partial charge in [-0.15, -0.1) is 20.4 Å². The number of ether oxygens (including phenoxy) is 2. The Hall–Kier alpha value is -0.640. The molecule has 8 nitrogen and oxygen atoms in total. The van der Waals surface area contributed by atoms with Crippen molar-refractivity contribution in [2.45, 2.75) is 12.8 Å². The molecule has 2 aliphatic heterocycles. The third-order valence-corrected chi connectivity index (χ3v) is 4.37. The first-order valence-corrected chi connectivity index (χ1v) is 8.28. The van der Waals surface area contributed by atoms with E-state index >= 15 is 0 Å². The molecule has 2 N–H and O–H groups in total. The van der Waals surface area contributed by atoms with Gasteiger partial charge in [0.15, 0.2) is 11.6 Å². The Kier molecular flexibility index (Phi) is 10.6. The molecule has 2 saturated heterocycles. The zero-order valence-electron chi connectivity index (χ0n) is 13.8. The lowest BCUT2D eigenvalue weighted by atomic mass is 10.3. The van der Waals surface area contributed by atoms with Gasteiger partial charge in [0.05, 0.1) is 52.4 Å². The molecule has 24 heavy (non-hydrogen) atoms. The minimum Gasteiger partial charge on any atom is -1.00 e. The van der Waals surface area contributed by atoms with Crippen molar-refractivity contribution in [3.63, 3.8) is 0 Å². The Balaban J connectivity index is 0.00000144. The van der Waals surface area contributed by atoms with Gasteiger partial charge in [0.25, 0.3) is 0 Å². The first-order chi connectivity index (χ1) is 10.9. The van der Waals surface area contributed by atoms with E-state index in [-0.39, 0.29) is 24.8 Å². The lowest BCUT2D eigenvalue weighted by Gasteiger charge is -2.23. The van der Waals surface area contributed by atoms with Gasteiger partial charge in [-0.2, -0.15) is 0 Å². The molecule has 0 radical (unpaired) electrons. The van der Waals surface area contributed by atoms with Crippen molar-refractivity contribution >= 4 is 0 Å². The van der Waals surface area contributed by atoms with Gasteiger partial charge in [-0.1, -0.05) is 0 Å². The highest BCUT2D eigenvalue weighted by atomic mass is 35.5. The number of hydrogen-bond acceptors (Lipinski definition) is 6. The summed E-state index contributed by atoms with van der Waals surface area (Å²) < 4.78 is 10.7. The third kappa shape index (κ3) is 7.08. The number of rotatable bonds is 6. The molecule has 2 aliphatic rings.